The minimum Gasteiger partial charge on any atom is -0.493 e. The van der Waals surface area contributed by atoms with Gasteiger partial charge in [0.15, 0.2) is 11.5 Å². The number of aryl methyl sites for hydroxylation is 1. The van der Waals surface area contributed by atoms with Crippen LogP contribution in [0, 0.1) is 0 Å². The van der Waals surface area contributed by atoms with Gasteiger partial charge >= 0.3 is 0 Å². The van der Waals surface area contributed by atoms with E-state index in [1.54, 1.807) is 14.2 Å². The average molecular weight is 370 g/mol. The van der Waals surface area contributed by atoms with Crippen LogP contribution in [0.5, 0.6) is 11.5 Å². The zero-order valence-electron chi connectivity index (χ0n) is 16.8. The third kappa shape index (κ3) is 5.44. The molecule has 146 valence electrons. The molecule has 0 spiro atoms. The Morgan fingerprint density at radius 3 is 2.15 bits per heavy atom. The van der Waals surface area contributed by atoms with Gasteiger partial charge in [-0.1, -0.05) is 0 Å². The molecule has 0 aliphatic carbocycles. The summed E-state index contributed by atoms with van der Waals surface area (Å²) in [4.78, 5) is 9.02. The number of benzene rings is 1. The lowest BCUT2D eigenvalue weighted by Crippen LogP contribution is -2.26. The average Bonchev–Trinajstić information content (AvgIpc) is 3.09. The van der Waals surface area contributed by atoms with Crippen molar-refractivity contribution < 1.29 is 9.47 Å². The van der Waals surface area contributed by atoms with Crippen molar-refractivity contribution in [2.75, 3.05) is 40.9 Å². The highest BCUT2D eigenvalue weighted by Crippen LogP contribution is 2.34. The van der Waals surface area contributed by atoms with E-state index in [4.69, 9.17) is 9.47 Å². The molecule has 0 saturated carbocycles. The van der Waals surface area contributed by atoms with Gasteiger partial charge < -0.3 is 14.4 Å². The van der Waals surface area contributed by atoms with Gasteiger partial charge in [-0.05, 0) is 80.4 Å². The van der Waals surface area contributed by atoms with Crippen LogP contribution in [-0.4, -0.2) is 55.7 Å². The van der Waals surface area contributed by atoms with E-state index in [1.807, 2.05) is 12.4 Å². The van der Waals surface area contributed by atoms with Crippen molar-refractivity contribution in [3.05, 3.63) is 53.3 Å². The zero-order chi connectivity index (χ0) is 19.1. The first-order valence-electron chi connectivity index (χ1n) is 9.73. The number of aromatic nitrogens is 1. The summed E-state index contributed by atoms with van der Waals surface area (Å²) < 4.78 is 10.9. The minimum absolute atomic E-state index is 0.826. The Morgan fingerprint density at radius 2 is 1.56 bits per heavy atom. The normalized spacial score (nSPS) is 13.8. The first kappa shape index (κ1) is 19.6. The van der Waals surface area contributed by atoms with Crippen LogP contribution >= 0.6 is 0 Å². The maximum atomic E-state index is 5.43. The molecule has 1 aliphatic rings. The van der Waals surface area contributed by atoms with Gasteiger partial charge in [0.05, 0.1) is 14.2 Å². The van der Waals surface area contributed by atoms with Crippen LogP contribution < -0.4 is 9.47 Å². The smallest absolute Gasteiger partial charge is 0.161 e. The molecule has 0 fully saturated rings. The summed E-state index contributed by atoms with van der Waals surface area (Å²) in [7, 11) is 5.62. The molecule has 5 nitrogen and oxygen atoms in total. The van der Waals surface area contributed by atoms with Gasteiger partial charge in [-0.15, -0.1) is 0 Å². The van der Waals surface area contributed by atoms with Gasteiger partial charge in [-0.3, -0.25) is 9.88 Å². The number of nitrogens with zero attached hydrogens (tertiary/aromatic N) is 3. The third-order valence-electron chi connectivity index (χ3n) is 5.26. The predicted octanol–water partition coefficient (Wildman–Crippen LogP) is 3.37. The van der Waals surface area contributed by atoms with Crippen LogP contribution in [0.1, 0.15) is 29.5 Å². The molecule has 0 bridgehead atoms. The molecule has 0 saturated heterocycles. The minimum atomic E-state index is 0.826. The lowest BCUT2D eigenvalue weighted by atomic mass is 10.1. The quantitative estimate of drug-likeness (QED) is 0.642. The number of hydrogen-bond acceptors (Lipinski definition) is 5. The fourth-order valence-electron chi connectivity index (χ4n) is 3.73. The Bertz CT molecular complexity index is 688. The van der Waals surface area contributed by atoms with Crippen molar-refractivity contribution in [1.29, 1.82) is 0 Å². The Kier molecular flexibility index (Phi) is 7.07. The van der Waals surface area contributed by atoms with E-state index in [0.29, 0.717) is 0 Å². The molecule has 3 rings (SSSR count). The predicted molar refractivity (Wildman–Crippen MR) is 108 cm³/mol. The van der Waals surface area contributed by atoms with E-state index in [0.717, 1.165) is 50.6 Å². The highest BCUT2D eigenvalue weighted by molar-refractivity contribution is 5.48. The molecular weight excluding hydrogens is 338 g/mol. The lowest BCUT2D eigenvalue weighted by molar-refractivity contribution is 0.249. The van der Waals surface area contributed by atoms with Crippen molar-refractivity contribution in [1.82, 2.24) is 14.8 Å². The number of fused-ring (bicyclic) bond motifs is 1. The highest BCUT2D eigenvalue weighted by atomic mass is 16.5. The molecule has 2 aromatic rings. The zero-order valence-corrected chi connectivity index (χ0v) is 16.8. The van der Waals surface area contributed by atoms with Gasteiger partial charge in [0.25, 0.3) is 0 Å². The maximum Gasteiger partial charge on any atom is 0.161 e. The topological polar surface area (TPSA) is 37.8 Å². The monoisotopic (exact) mass is 369 g/mol. The van der Waals surface area contributed by atoms with E-state index in [2.05, 4.69) is 46.1 Å². The molecule has 0 unspecified atom stereocenters. The third-order valence-corrected chi connectivity index (χ3v) is 5.26. The lowest BCUT2D eigenvalue weighted by Gasteiger charge is -2.19. The maximum absolute atomic E-state index is 5.43. The van der Waals surface area contributed by atoms with E-state index in [1.165, 1.54) is 29.5 Å². The van der Waals surface area contributed by atoms with Crippen LogP contribution in [0.3, 0.4) is 0 Å². The molecule has 0 N–H and O–H groups in total. The van der Waals surface area contributed by atoms with Crippen molar-refractivity contribution in [2.24, 2.45) is 0 Å². The highest BCUT2D eigenvalue weighted by Gasteiger charge is 2.21. The van der Waals surface area contributed by atoms with Crippen LogP contribution in [0.4, 0.5) is 0 Å². The Labute approximate surface area is 162 Å². The number of methoxy groups -OCH3 is 2. The summed E-state index contributed by atoms with van der Waals surface area (Å²) in [5.74, 6) is 1.65. The molecule has 27 heavy (non-hydrogen) atoms. The number of hydrogen-bond donors (Lipinski definition) is 0. The number of rotatable bonds is 10. The summed E-state index contributed by atoms with van der Waals surface area (Å²) >= 11 is 0. The van der Waals surface area contributed by atoms with Gasteiger partial charge in [0, 0.05) is 32.0 Å². The molecular formula is C22H31N3O2. The standard InChI is InChI=1S/C22H31N3O2/c1-24(11-4-6-18-7-9-23-10-8-18)12-5-13-25-16-19-14-21(26-2)22(27-3)15-20(19)17-25/h7-10,14-15H,4-6,11-13,16-17H2,1-3H3. The first-order valence-corrected chi connectivity index (χ1v) is 9.73. The van der Waals surface area contributed by atoms with Crippen LogP contribution in [-0.2, 0) is 19.5 Å². The van der Waals surface area contributed by atoms with E-state index < -0.39 is 0 Å². The van der Waals surface area contributed by atoms with Crippen LogP contribution in [0.2, 0.25) is 0 Å². The second-order valence-electron chi connectivity index (χ2n) is 7.30. The summed E-state index contributed by atoms with van der Waals surface area (Å²) in [6.07, 6.45) is 7.25. The molecule has 1 aliphatic heterocycles. The van der Waals surface area contributed by atoms with Crippen LogP contribution in [0.15, 0.2) is 36.7 Å². The first-order chi connectivity index (χ1) is 13.2. The second kappa shape index (κ2) is 9.72. The van der Waals surface area contributed by atoms with Crippen LogP contribution in [0.25, 0.3) is 0 Å². The molecule has 2 heterocycles. The SMILES string of the molecule is COc1cc2c(cc1OC)CN(CCCN(C)CCCc1ccncc1)C2. The van der Waals surface area contributed by atoms with Crippen molar-refractivity contribution in [2.45, 2.75) is 32.4 Å². The van der Waals surface area contributed by atoms with Gasteiger partial charge in [-0.2, -0.15) is 0 Å². The summed E-state index contributed by atoms with van der Waals surface area (Å²) in [5.41, 5.74) is 4.09. The van der Waals surface area contributed by atoms with E-state index in [9.17, 15) is 0 Å². The van der Waals surface area contributed by atoms with E-state index >= 15 is 0 Å². The Balaban J connectivity index is 1.37. The molecule has 0 amide bonds. The molecule has 0 atom stereocenters. The largest absolute Gasteiger partial charge is 0.493 e. The van der Waals surface area contributed by atoms with E-state index in [-0.39, 0.29) is 0 Å². The number of pyridine rings is 1. The van der Waals surface area contributed by atoms with Gasteiger partial charge in [-0.25, -0.2) is 0 Å². The van der Waals surface area contributed by atoms with Crippen molar-refractivity contribution in [3.63, 3.8) is 0 Å². The molecule has 0 radical (unpaired) electrons. The summed E-state index contributed by atoms with van der Waals surface area (Å²) in [5, 5.41) is 0. The fraction of sp³-hybridized carbons (Fsp3) is 0.500. The molecule has 1 aromatic carbocycles. The molecule has 5 heteroatoms. The van der Waals surface area contributed by atoms with Crippen molar-refractivity contribution >= 4 is 0 Å². The summed E-state index contributed by atoms with van der Waals surface area (Å²) in [6, 6.07) is 8.46. The van der Waals surface area contributed by atoms with Crippen molar-refractivity contribution in [3.8, 4) is 11.5 Å². The fourth-order valence-corrected chi connectivity index (χ4v) is 3.73. The Morgan fingerprint density at radius 1 is 0.963 bits per heavy atom. The summed E-state index contributed by atoms with van der Waals surface area (Å²) in [6.45, 7) is 5.39. The van der Waals surface area contributed by atoms with Gasteiger partial charge in [0.2, 0.25) is 0 Å². The molecule has 1 aromatic heterocycles. The number of ether oxygens (including phenoxy) is 2. The van der Waals surface area contributed by atoms with Gasteiger partial charge in [0.1, 0.15) is 0 Å². The Hall–Kier alpha value is -2.11. The second-order valence-corrected chi connectivity index (χ2v) is 7.30.